The molecule has 1 aliphatic heterocycles. The van der Waals surface area contributed by atoms with E-state index in [9.17, 15) is 19.2 Å². The lowest BCUT2D eigenvalue weighted by atomic mass is 9.81. The van der Waals surface area contributed by atoms with E-state index in [2.05, 4.69) is 21.5 Å². The van der Waals surface area contributed by atoms with Crippen molar-refractivity contribution in [3.63, 3.8) is 0 Å². The number of ether oxygens (including phenoxy) is 4. The molecule has 10 heteroatoms. The molecule has 0 radical (unpaired) electrons. The summed E-state index contributed by atoms with van der Waals surface area (Å²) in [7, 11) is 1.13. The molecule has 0 bridgehead atoms. The molecule has 1 saturated carbocycles. The molecule has 0 spiro atoms. The molecule has 182 valence electrons. The van der Waals surface area contributed by atoms with Gasteiger partial charge in [0.25, 0.3) is 0 Å². The summed E-state index contributed by atoms with van der Waals surface area (Å²) in [6.07, 6.45) is 5.60. The van der Waals surface area contributed by atoms with Crippen LogP contribution in [0.3, 0.4) is 0 Å². The van der Waals surface area contributed by atoms with Gasteiger partial charge in [0.2, 0.25) is 0 Å². The first kappa shape index (κ1) is 26.1. The zero-order valence-electron chi connectivity index (χ0n) is 19.2. The summed E-state index contributed by atoms with van der Waals surface area (Å²) in [5.41, 5.74) is 0. The Balaban J connectivity index is 1.51. The molecule has 32 heavy (non-hydrogen) atoms. The number of methoxy groups -OCH3 is 1. The predicted octanol–water partition coefficient (Wildman–Crippen LogP) is 0.623. The highest BCUT2D eigenvalue weighted by Crippen LogP contribution is 2.30. The maximum Gasteiger partial charge on any atom is 0.417 e. The summed E-state index contributed by atoms with van der Waals surface area (Å²) in [5.74, 6) is -2.72. The van der Waals surface area contributed by atoms with Gasteiger partial charge in [-0.25, -0.2) is 19.2 Å². The van der Waals surface area contributed by atoms with Gasteiger partial charge >= 0.3 is 23.9 Å². The first-order valence-corrected chi connectivity index (χ1v) is 11.5. The van der Waals surface area contributed by atoms with Crippen molar-refractivity contribution in [2.75, 3.05) is 66.2 Å². The summed E-state index contributed by atoms with van der Waals surface area (Å²) in [5, 5.41) is 0. The second kappa shape index (κ2) is 14.1. The Morgan fingerprint density at radius 3 is 1.59 bits per heavy atom. The lowest BCUT2D eigenvalue weighted by molar-refractivity contribution is -0.169. The van der Waals surface area contributed by atoms with Crippen molar-refractivity contribution < 1.29 is 38.1 Å². The molecule has 0 N–H and O–H groups in total. The Morgan fingerprint density at radius 2 is 1.12 bits per heavy atom. The molecule has 2 fully saturated rings. The number of hydrogen-bond acceptors (Lipinski definition) is 10. The van der Waals surface area contributed by atoms with Crippen LogP contribution in [-0.4, -0.2) is 99.9 Å². The standard InChI is InChI=1S/C22H36N2O8/c1-3-17-4-6-18(7-5-17)16-32-22(28)21(27)31-15-13-24-10-8-23(9-11-24)12-14-30-20(26)19(25)29-2/h17-18H,3-16H2,1-2H3. The van der Waals surface area contributed by atoms with Crippen LogP contribution in [-0.2, 0) is 38.1 Å². The molecule has 0 aromatic heterocycles. The third-order valence-corrected chi connectivity index (χ3v) is 6.26. The number of hydrogen-bond donors (Lipinski definition) is 0. The molecule has 0 amide bonds. The van der Waals surface area contributed by atoms with Crippen molar-refractivity contribution in [2.45, 2.75) is 39.0 Å². The fourth-order valence-electron chi connectivity index (χ4n) is 4.03. The van der Waals surface area contributed by atoms with Crippen LogP contribution in [0.2, 0.25) is 0 Å². The van der Waals surface area contributed by atoms with Crippen LogP contribution < -0.4 is 0 Å². The Labute approximate surface area is 189 Å². The fraction of sp³-hybridized carbons (Fsp3) is 0.818. The first-order valence-electron chi connectivity index (χ1n) is 11.5. The Bertz CT molecular complexity index is 625. The zero-order chi connectivity index (χ0) is 23.3. The molecular weight excluding hydrogens is 420 g/mol. The molecule has 1 heterocycles. The highest BCUT2D eigenvalue weighted by atomic mass is 16.6. The molecule has 0 aromatic carbocycles. The second-order valence-corrected chi connectivity index (χ2v) is 8.34. The van der Waals surface area contributed by atoms with E-state index < -0.39 is 23.9 Å². The zero-order valence-corrected chi connectivity index (χ0v) is 19.2. The monoisotopic (exact) mass is 456 g/mol. The lowest BCUT2D eigenvalue weighted by Crippen LogP contribution is -2.48. The molecule has 2 rings (SSSR count). The highest BCUT2D eigenvalue weighted by molar-refractivity contribution is 6.30. The molecule has 10 nitrogen and oxygen atoms in total. The van der Waals surface area contributed by atoms with Crippen molar-refractivity contribution in [3.05, 3.63) is 0 Å². The molecular formula is C22H36N2O8. The van der Waals surface area contributed by atoms with Crippen LogP contribution in [0.4, 0.5) is 0 Å². The number of esters is 4. The van der Waals surface area contributed by atoms with Gasteiger partial charge in [0.1, 0.15) is 13.2 Å². The van der Waals surface area contributed by atoms with Crippen molar-refractivity contribution in [1.29, 1.82) is 0 Å². The van der Waals surface area contributed by atoms with Crippen molar-refractivity contribution >= 4 is 23.9 Å². The normalized spacial score (nSPS) is 22.1. The van der Waals surface area contributed by atoms with Gasteiger partial charge in [0.15, 0.2) is 0 Å². The average Bonchev–Trinajstić information content (AvgIpc) is 2.83. The molecule has 0 atom stereocenters. The third-order valence-electron chi connectivity index (χ3n) is 6.26. The SMILES string of the molecule is CCC1CCC(COC(=O)C(=O)OCCN2CCN(CCOC(=O)C(=O)OC)CC2)CC1. The maximum atomic E-state index is 11.9. The lowest BCUT2D eigenvalue weighted by Gasteiger charge is -2.34. The van der Waals surface area contributed by atoms with Crippen LogP contribution in [0, 0.1) is 11.8 Å². The number of rotatable bonds is 9. The van der Waals surface area contributed by atoms with Crippen LogP contribution in [0.5, 0.6) is 0 Å². The van der Waals surface area contributed by atoms with Crippen molar-refractivity contribution in [2.24, 2.45) is 11.8 Å². The van der Waals surface area contributed by atoms with Crippen molar-refractivity contribution in [1.82, 2.24) is 9.80 Å². The topological polar surface area (TPSA) is 112 Å². The van der Waals surface area contributed by atoms with Crippen LogP contribution in [0.1, 0.15) is 39.0 Å². The minimum absolute atomic E-state index is 0.119. The average molecular weight is 457 g/mol. The number of carbonyl (C=O) groups excluding carboxylic acids is 4. The predicted molar refractivity (Wildman–Crippen MR) is 114 cm³/mol. The number of nitrogens with zero attached hydrogens (tertiary/aromatic N) is 2. The smallest absolute Gasteiger partial charge is 0.417 e. The number of piperazine rings is 1. The summed E-state index contributed by atoms with van der Waals surface area (Å²) < 4.78 is 19.3. The molecule has 1 aliphatic carbocycles. The molecule has 2 aliphatic rings. The van der Waals surface area contributed by atoms with E-state index in [4.69, 9.17) is 14.2 Å². The van der Waals surface area contributed by atoms with Gasteiger partial charge in [0, 0.05) is 39.3 Å². The fourth-order valence-corrected chi connectivity index (χ4v) is 4.03. The van der Waals surface area contributed by atoms with E-state index in [-0.39, 0.29) is 13.2 Å². The maximum absolute atomic E-state index is 11.9. The Hall–Kier alpha value is -2.20. The van der Waals surface area contributed by atoms with E-state index in [0.29, 0.717) is 25.6 Å². The number of carbonyl (C=O) groups is 4. The quantitative estimate of drug-likeness (QED) is 0.278. The Kier molecular flexibility index (Phi) is 11.4. The van der Waals surface area contributed by atoms with Crippen LogP contribution in [0.15, 0.2) is 0 Å². The van der Waals surface area contributed by atoms with Gasteiger partial charge in [-0.2, -0.15) is 0 Å². The van der Waals surface area contributed by atoms with Gasteiger partial charge in [-0.3, -0.25) is 9.80 Å². The van der Waals surface area contributed by atoms with E-state index in [1.807, 2.05) is 0 Å². The highest BCUT2D eigenvalue weighted by Gasteiger charge is 2.24. The largest absolute Gasteiger partial charge is 0.461 e. The van der Waals surface area contributed by atoms with E-state index in [1.165, 1.54) is 6.42 Å². The first-order chi connectivity index (χ1) is 15.4. The summed E-state index contributed by atoms with van der Waals surface area (Å²) in [6.45, 7) is 6.83. The summed E-state index contributed by atoms with van der Waals surface area (Å²) in [4.78, 5) is 50.2. The van der Waals surface area contributed by atoms with Crippen molar-refractivity contribution in [3.8, 4) is 0 Å². The van der Waals surface area contributed by atoms with Crippen LogP contribution in [0.25, 0.3) is 0 Å². The third kappa shape index (κ3) is 9.12. The van der Waals surface area contributed by atoms with Gasteiger partial charge < -0.3 is 18.9 Å². The van der Waals surface area contributed by atoms with E-state index in [1.54, 1.807) is 0 Å². The summed E-state index contributed by atoms with van der Waals surface area (Å²) in [6, 6.07) is 0. The van der Waals surface area contributed by atoms with Gasteiger partial charge in [-0.1, -0.05) is 26.2 Å². The van der Waals surface area contributed by atoms with Gasteiger partial charge in [-0.05, 0) is 24.7 Å². The van der Waals surface area contributed by atoms with E-state index >= 15 is 0 Å². The minimum Gasteiger partial charge on any atom is -0.461 e. The Morgan fingerprint density at radius 1 is 0.688 bits per heavy atom. The minimum atomic E-state index is -1.01. The van der Waals surface area contributed by atoms with Gasteiger partial charge in [0.05, 0.1) is 13.7 Å². The summed E-state index contributed by atoms with van der Waals surface area (Å²) >= 11 is 0. The molecule has 0 unspecified atom stereocenters. The second-order valence-electron chi connectivity index (χ2n) is 8.34. The van der Waals surface area contributed by atoms with E-state index in [0.717, 1.165) is 64.9 Å². The molecule has 0 aromatic rings. The molecule has 1 saturated heterocycles. The van der Waals surface area contributed by atoms with Gasteiger partial charge in [-0.15, -0.1) is 0 Å². The van der Waals surface area contributed by atoms with Crippen LogP contribution >= 0.6 is 0 Å².